The monoisotopic (exact) mass is 236 g/mol. The second-order valence-corrected chi connectivity index (χ2v) is 4.59. The Morgan fingerprint density at radius 3 is 2.67 bits per heavy atom. The number of hydrogen-bond acceptors (Lipinski definition) is 2. The van der Waals surface area contributed by atoms with Gasteiger partial charge in [0.2, 0.25) is 0 Å². The van der Waals surface area contributed by atoms with Crippen molar-refractivity contribution in [3.63, 3.8) is 0 Å². The van der Waals surface area contributed by atoms with Gasteiger partial charge >= 0.3 is 0 Å². The maximum atomic E-state index is 4.50. The first-order valence-electron chi connectivity index (χ1n) is 6.27. The number of hydrogen-bond donors (Lipinski definition) is 0. The van der Waals surface area contributed by atoms with E-state index in [1.54, 1.807) is 0 Å². The third-order valence-electron chi connectivity index (χ3n) is 3.46. The molecule has 0 N–H and O–H groups in total. The highest BCUT2D eigenvalue weighted by atomic mass is 15.2. The van der Waals surface area contributed by atoms with Crippen LogP contribution >= 0.6 is 0 Å². The molecule has 1 aromatic heterocycles. The summed E-state index contributed by atoms with van der Waals surface area (Å²) in [5.74, 6) is 1.05. The van der Waals surface area contributed by atoms with Gasteiger partial charge < -0.3 is 4.90 Å². The smallest absolute Gasteiger partial charge is 0.128 e. The van der Waals surface area contributed by atoms with Gasteiger partial charge in [-0.1, -0.05) is 36.9 Å². The molecule has 1 aromatic carbocycles. The van der Waals surface area contributed by atoms with Crippen LogP contribution in [0.25, 0.3) is 6.08 Å². The van der Waals surface area contributed by atoms with E-state index in [1.165, 1.54) is 11.1 Å². The van der Waals surface area contributed by atoms with Crippen molar-refractivity contribution in [3.8, 4) is 0 Å². The van der Waals surface area contributed by atoms with Crippen LogP contribution in [0, 0.1) is 0 Å². The van der Waals surface area contributed by atoms with Crippen LogP contribution in [-0.2, 0) is 13.0 Å². The second-order valence-electron chi connectivity index (χ2n) is 4.59. The molecule has 0 atom stereocenters. The Hall–Kier alpha value is -2.09. The third kappa shape index (κ3) is 2.02. The first-order valence-corrected chi connectivity index (χ1v) is 6.27. The van der Waals surface area contributed by atoms with Gasteiger partial charge in [-0.2, -0.15) is 0 Å². The van der Waals surface area contributed by atoms with Crippen LogP contribution in [-0.4, -0.2) is 11.5 Å². The minimum absolute atomic E-state index is 0.955. The van der Waals surface area contributed by atoms with Gasteiger partial charge in [0.05, 0.1) is 0 Å². The number of benzene rings is 1. The molecule has 0 unspecified atom stereocenters. The topological polar surface area (TPSA) is 16.1 Å². The van der Waals surface area contributed by atoms with E-state index >= 15 is 0 Å². The Balaban J connectivity index is 1.84. The van der Waals surface area contributed by atoms with Crippen LogP contribution in [0.4, 0.5) is 5.82 Å². The number of pyridine rings is 1. The third-order valence-corrected chi connectivity index (χ3v) is 3.46. The summed E-state index contributed by atoms with van der Waals surface area (Å²) in [7, 11) is 0. The lowest BCUT2D eigenvalue weighted by Crippen LogP contribution is -2.30. The van der Waals surface area contributed by atoms with E-state index in [9.17, 15) is 0 Å². The summed E-state index contributed by atoms with van der Waals surface area (Å²) in [6.07, 6.45) is 4.80. The van der Waals surface area contributed by atoms with Gasteiger partial charge in [0.15, 0.2) is 0 Å². The first kappa shape index (κ1) is 11.0. The van der Waals surface area contributed by atoms with Crippen molar-refractivity contribution in [2.75, 3.05) is 11.4 Å². The number of nitrogens with zero attached hydrogens (tertiary/aromatic N) is 2. The molecule has 0 fully saturated rings. The van der Waals surface area contributed by atoms with E-state index in [4.69, 9.17) is 0 Å². The first-order chi connectivity index (χ1) is 8.86. The fourth-order valence-corrected chi connectivity index (χ4v) is 2.40. The zero-order valence-corrected chi connectivity index (χ0v) is 10.3. The zero-order chi connectivity index (χ0) is 12.4. The number of rotatable bonds is 2. The summed E-state index contributed by atoms with van der Waals surface area (Å²) in [6.45, 7) is 5.74. The molecule has 2 heteroatoms. The average Bonchev–Trinajstić information content (AvgIpc) is 2.47. The van der Waals surface area contributed by atoms with Gasteiger partial charge in [-0.3, -0.25) is 0 Å². The van der Waals surface area contributed by atoms with Crippen LogP contribution in [0.1, 0.15) is 16.7 Å². The molecule has 2 heterocycles. The maximum absolute atomic E-state index is 4.50. The van der Waals surface area contributed by atoms with Crippen LogP contribution in [0.5, 0.6) is 0 Å². The molecule has 0 saturated carbocycles. The van der Waals surface area contributed by atoms with Gasteiger partial charge in [-0.05, 0) is 35.2 Å². The largest absolute Gasteiger partial charge is 0.352 e. The van der Waals surface area contributed by atoms with Crippen molar-refractivity contribution in [2.24, 2.45) is 0 Å². The molecule has 1 aliphatic heterocycles. The predicted octanol–water partition coefficient (Wildman–Crippen LogP) is 3.29. The van der Waals surface area contributed by atoms with Gasteiger partial charge in [0.25, 0.3) is 0 Å². The van der Waals surface area contributed by atoms with Crippen molar-refractivity contribution < 1.29 is 0 Å². The summed E-state index contributed by atoms with van der Waals surface area (Å²) in [5.41, 5.74) is 3.95. The van der Waals surface area contributed by atoms with Crippen LogP contribution in [0.15, 0.2) is 49.2 Å². The van der Waals surface area contributed by atoms with E-state index in [0.29, 0.717) is 0 Å². The zero-order valence-electron chi connectivity index (χ0n) is 10.3. The second kappa shape index (κ2) is 4.65. The molecule has 2 aromatic rings. The van der Waals surface area contributed by atoms with Crippen molar-refractivity contribution in [2.45, 2.75) is 13.0 Å². The van der Waals surface area contributed by atoms with Crippen molar-refractivity contribution in [1.29, 1.82) is 0 Å². The standard InChI is InChI=1S/C16H16N2/c1-2-13-7-8-16(17-11-13)18-10-9-14-5-3-4-6-15(14)12-18/h2-8,11H,1,9-10,12H2. The Morgan fingerprint density at radius 2 is 1.94 bits per heavy atom. The van der Waals surface area contributed by atoms with Gasteiger partial charge in [-0.15, -0.1) is 0 Å². The van der Waals surface area contributed by atoms with E-state index in [0.717, 1.165) is 30.9 Å². The molecule has 3 rings (SSSR count). The van der Waals surface area contributed by atoms with E-state index in [2.05, 4.69) is 52.9 Å². The predicted molar refractivity (Wildman–Crippen MR) is 75.5 cm³/mol. The summed E-state index contributed by atoms with van der Waals surface area (Å²) in [5, 5.41) is 0. The SMILES string of the molecule is C=Cc1ccc(N2CCc3ccccc3C2)nc1. The summed E-state index contributed by atoms with van der Waals surface area (Å²) < 4.78 is 0. The van der Waals surface area contributed by atoms with E-state index in [-0.39, 0.29) is 0 Å². The van der Waals surface area contributed by atoms with E-state index < -0.39 is 0 Å². The Labute approximate surface area is 108 Å². The molecule has 90 valence electrons. The number of fused-ring (bicyclic) bond motifs is 1. The minimum Gasteiger partial charge on any atom is -0.352 e. The lowest BCUT2D eigenvalue weighted by Gasteiger charge is -2.29. The molecule has 0 spiro atoms. The summed E-state index contributed by atoms with van der Waals surface area (Å²) >= 11 is 0. The highest BCUT2D eigenvalue weighted by Gasteiger charge is 2.16. The summed E-state index contributed by atoms with van der Waals surface area (Å²) in [6, 6.07) is 12.8. The van der Waals surface area contributed by atoms with Crippen molar-refractivity contribution in [1.82, 2.24) is 4.98 Å². The number of aromatic nitrogens is 1. The quantitative estimate of drug-likeness (QED) is 0.795. The Kier molecular flexibility index (Phi) is 2.85. The van der Waals surface area contributed by atoms with Crippen molar-refractivity contribution in [3.05, 3.63) is 65.9 Å². The Bertz CT molecular complexity index is 558. The lowest BCUT2D eigenvalue weighted by molar-refractivity contribution is 0.721. The fraction of sp³-hybridized carbons (Fsp3) is 0.188. The molecular formula is C16H16N2. The molecule has 1 aliphatic rings. The molecule has 18 heavy (non-hydrogen) atoms. The molecule has 0 aliphatic carbocycles. The normalized spacial score (nSPS) is 14.1. The molecule has 2 nitrogen and oxygen atoms in total. The highest BCUT2D eigenvalue weighted by molar-refractivity contribution is 5.50. The number of anilines is 1. The lowest BCUT2D eigenvalue weighted by atomic mass is 10.00. The van der Waals surface area contributed by atoms with Crippen LogP contribution < -0.4 is 4.90 Å². The Morgan fingerprint density at radius 1 is 1.11 bits per heavy atom. The van der Waals surface area contributed by atoms with Crippen LogP contribution in [0.3, 0.4) is 0 Å². The van der Waals surface area contributed by atoms with Gasteiger partial charge in [-0.25, -0.2) is 4.98 Å². The molecular weight excluding hydrogens is 220 g/mol. The maximum Gasteiger partial charge on any atom is 0.128 e. The molecule has 0 amide bonds. The van der Waals surface area contributed by atoms with Gasteiger partial charge in [0, 0.05) is 19.3 Å². The molecule has 0 bridgehead atoms. The van der Waals surface area contributed by atoms with Crippen LogP contribution in [0.2, 0.25) is 0 Å². The highest BCUT2D eigenvalue weighted by Crippen LogP contribution is 2.22. The molecule has 0 saturated heterocycles. The van der Waals surface area contributed by atoms with E-state index in [1.807, 2.05) is 12.3 Å². The van der Waals surface area contributed by atoms with Crippen molar-refractivity contribution >= 4 is 11.9 Å². The fourth-order valence-electron chi connectivity index (χ4n) is 2.40. The molecule has 0 radical (unpaired) electrons. The average molecular weight is 236 g/mol. The minimum atomic E-state index is 0.955. The van der Waals surface area contributed by atoms with Gasteiger partial charge in [0.1, 0.15) is 5.82 Å². The summed E-state index contributed by atoms with van der Waals surface area (Å²) in [4.78, 5) is 6.83.